The Kier molecular flexibility index (Phi) is 4.59. The van der Waals surface area contributed by atoms with Gasteiger partial charge in [-0.15, -0.1) is 0 Å². The fourth-order valence-corrected chi connectivity index (χ4v) is 2.86. The number of hydrogen-bond acceptors (Lipinski definition) is 1. The first-order valence-electron chi connectivity index (χ1n) is 6.32. The highest BCUT2D eigenvalue weighted by molar-refractivity contribution is 9.10. The Hall–Kier alpha value is -1.09. The number of hydrogen-bond donors (Lipinski definition) is 1. The van der Waals surface area contributed by atoms with Gasteiger partial charge < -0.3 is 5.11 Å². The Bertz CT molecular complexity index is 428. The largest absolute Gasteiger partial charge is 0.478 e. The van der Waals surface area contributed by atoms with Crippen molar-refractivity contribution in [2.45, 2.75) is 31.6 Å². The smallest absolute Gasteiger partial charge is 0.327 e. The molecule has 0 heterocycles. The van der Waals surface area contributed by atoms with Crippen molar-refractivity contribution in [3.8, 4) is 0 Å². The van der Waals surface area contributed by atoms with Crippen LogP contribution in [0.5, 0.6) is 0 Å². The van der Waals surface area contributed by atoms with Crippen LogP contribution in [0.4, 0.5) is 0 Å². The van der Waals surface area contributed by atoms with Gasteiger partial charge >= 0.3 is 5.97 Å². The Morgan fingerprint density at radius 2 is 1.78 bits per heavy atom. The van der Waals surface area contributed by atoms with Gasteiger partial charge in [-0.3, -0.25) is 0 Å². The molecule has 2 rings (SSSR count). The normalized spacial score (nSPS) is 24.3. The van der Waals surface area contributed by atoms with Crippen LogP contribution in [0.1, 0.15) is 37.2 Å². The fourth-order valence-electron chi connectivity index (χ4n) is 2.60. The van der Waals surface area contributed by atoms with Crippen LogP contribution in [0.25, 0.3) is 0 Å². The molecule has 1 aliphatic carbocycles. The van der Waals surface area contributed by atoms with Gasteiger partial charge in [-0.1, -0.05) is 34.1 Å². The van der Waals surface area contributed by atoms with Crippen LogP contribution in [0, 0.1) is 5.92 Å². The summed E-state index contributed by atoms with van der Waals surface area (Å²) in [5, 5.41) is 8.61. The summed E-state index contributed by atoms with van der Waals surface area (Å²) in [7, 11) is 0. The Balaban J connectivity index is 1.90. The molecule has 0 spiro atoms. The predicted octanol–water partition coefficient (Wildman–Crippen LogP) is 4.36. The zero-order chi connectivity index (χ0) is 13.0. The van der Waals surface area contributed by atoms with E-state index in [2.05, 4.69) is 40.2 Å². The molecule has 1 aromatic carbocycles. The molecule has 1 aliphatic rings. The minimum atomic E-state index is -0.843. The summed E-state index contributed by atoms with van der Waals surface area (Å²) in [5.41, 5.74) is 1.40. The SMILES string of the molecule is O=C(O)C=C[C@H]1CC[C@H](c2ccc(Br)cc2)CC1. The van der Waals surface area contributed by atoms with Gasteiger partial charge in [-0.25, -0.2) is 4.79 Å². The maximum Gasteiger partial charge on any atom is 0.327 e. The molecule has 0 aromatic heterocycles. The van der Waals surface area contributed by atoms with E-state index in [0.29, 0.717) is 11.8 Å². The number of allylic oxidation sites excluding steroid dienone is 1. The number of rotatable bonds is 3. The zero-order valence-electron chi connectivity index (χ0n) is 10.2. The molecule has 0 saturated heterocycles. The van der Waals surface area contributed by atoms with E-state index in [1.807, 2.05) is 6.08 Å². The van der Waals surface area contributed by atoms with Gasteiger partial charge in [-0.2, -0.15) is 0 Å². The summed E-state index contributed by atoms with van der Waals surface area (Å²) >= 11 is 3.45. The third-order valence-corrected chi connectivity index (χ3v) is 4.15. The second-order valence-electron chi connectivity index (χ2n) is 4.86. The van der Waals surface area contributed by atoms with Crippen molar-refractivity contribution in [2.75, 3.05) is 0 Å². The van der Waals surface area contributed by atoms with Crippen LogP contribution in [-0.2, 0) is 4.79 Å². The summed E-state index contributed by atoms with van der Waals surface area (Å²) in [6.45, 7) is 0. The Labute approximate surface area is 116 Å². The van der Waals surface area contributed by atoms with E-state index in [-0.39, 0.29) is 0 Å². The molecule has 0 bridgehead atoms. The minimum Gasteiger partial charge on any atom is -0.478 e. The lowest BCUT2D eigenvalue weighted by molar-refractivity contribution is -0.131. The number of benzene rings is 1. The minimum absolute atomic E-state index is 0.438. The first kappa shape index (κ1) is 13.3. The van der Waals surface area contributed by atoms with Crippen molar-refractivity contribution in [2.24, 2.45) is 5.92 Å². The number of aliphatic carboxylic acids is 1. The first-order chi connectivity index (χ1) is 8.65. The van der Waals surface area contributed by atoms with Crippen LogP contribution >= 0.6 is 15.9 Å². The molecule has 0 aliphatic heterocycles. The molecule has 0 atom stereocenters. The molecule has 0 radical (unpaired) electrons. The van der Waals surface area contributed by atoms with E-state index in [0.717, 1.165) is 30.2 Å². The topological polar surface area (TPSA) is 37.3 Å². The molecule has 1 N–H and O–H groups in total. The summed E-state index contributed by atoms with van der Waals surface area (Å²) < 4.78 is 1.12. The van der Waals surface area contributed by atoms with Crippen molar-refractivity contribution in [3.05, 3.63) is 46.5 Å². The molecule has 1 aromatic rings. The molecule has 18 heavy (non-hydrogen) atoms. The van der Waals surface area contributed by atoms with Gasteiger partial charge in [0.1, 0.15) is 0 Å². The second kappa shape index (κ2) is 6.19. The van der Waals surface area contributed by atoms with E-state index in [1.54, 1.807) is 0 Å². The monoisotopic (exact) mass is 308 g/mol. The number of carbonyl (C=O) groups is 1. The predicted molar refractivity (Wildman–Crippen MR) is 75.6 cm³/mol. The van der Waals surface area contributed by atoms with E-state index in [9.17, 15) is 4.79 Å². The van der Waals surface area contributed by atoms with Gasteiger partial charge in [0.05, 0.1) is 0 Å². The van der Waals surface area contributed by atoms with E-state index in [4.69, 9.17) is 5.11 Å². The molecule has 0 amide bonds. The summed E-state index contributed by atoms with van der Waals surface area (Å²) in [5.74, 6) is 0.227. The number of carboxylic acid groups (broad SMARTS) is 1. The average molecular weight is 309 g/mol. The van der Waals surface area contributed by atoms with Gasteiger partial charge in [0, 0.05) is 10.5 Å². The lowest BCUT2D eigenvalue weighted by Crippen LogP contribution is -2.12. The summed E-state index contributed by atoms with van der Waals surface area (Å²) in [6, 6.07) is 8.54. The van der Waals surface area contributed by atoms with Crippen LogP contribution in [0.3, 0.4) is 0 Å². The number of halogens is 1. The molecule has 1 fully saturated rings. The third kappa shape index (κ3) is 3.70. The van der Waals surface area contributed by atoms with E-state index in [1.165, 1.54) is 11.6 Å². The van der Waals surface area contributed by atoms with Crippen molar-refractivity contribution in [1.82, 2.24) is 0 Å². The summed E-state index contributed by atoms with van der Waals surface area (Å²) in [4.78, 5) is 10.5. The van der Waals surface area contributed by atoms with Gasteiger partial charge in [-0.05, 0) is 55.2 Å². The highest BCUT2D eigenvalue weighted by Crippen LogP contribution is 2.36. The fraction of sp³-hybridized carbons (Fsp3) is 0.400. The van der Waals surface area contributed by atoms with E-state index < -0.39 is 5.97 Å². The molecule has 1 saturated carbocycles. The quantitative estimate of drug-likeness (QED) is 0.842. The molecular weight excluding hydrogens is 292 g/mol. The van der Waals surface area contributed by atoms with Gasteiger partial charge in [0.15, 0.2) is 0 Å². The third-order valence-electron chi connectivity index (χ3n) is 3.62. The van der Waals surface area contributed by atoms with Crippen LogP contribution in [0.2, 0.25) is 0 Å². The Morgan fingerprint density at radius 3 is 2.33 bits per heavy atom. The molecular formula is C15H17BrO2. The van der Waals surface area contributed by atoms with E-state index >= 15 is 0 Å². The highest BCUT2D eigenvalue weighted by Gasteiger charge is 2.20. The average Bonchev–Trinajstić information content (AvgIpc) is 2.38. The van der Waals surface area contributed by atoms with Crippen LogP contribution in [-0.4, -0.2) is 11.1 Å². The van der Waals surface area contributed by atoms with Crippen LogP contribution < -0.4 is 0 Å². The molecule has 3 heteroatoms. The Morgan fingerprint density at radius 1 is 1.17 bits per heavy atom. The van der Waals surface area contributed by atoms with Crippen molar-refractivity contribution in [1.29, 1.82) is 0 Å². The summed E-state index contributed by atoms with van der Waals surface area (Å²) in [6.07, 6.45) is 7.60. The molecule has 96 valence electrons. The maximum atomic E-state index is 10.5. The number of carboxylic acids is 1. The second-order valence-corrected chi connectivity index (χ2v) is 5.78. The molecule has 2 nitrogen and oxygen atoms in total. The zero-order valence-corrected chi connectivity index (χ0v) is 11.8. The van der Waals surface area contributed by atoms with Crippen molar-refractivity contribution >= 4 is 21.9 Å². The van der Waals surface area contributed by atoms with Crippen LogP contribution in [0.15, 0.2) is 40.9 Å². The van der Waals surface area contributed by atoms with Gasteiger partial charge in [0.2, 0.25) is 0 Å². The lowest BCUT2D eigenvalue weighted by atomic mass is 9.78. The lowest BCUT2D eigenvalue weighted by Gasteiger charge is -2.27. The van der Waals surface area contributed by atoms with Crippen molar-refractivity contribution in [3.63, 3.8) is 0 Å². The highest BCUT2D eigenvalue weighted by atomic mass is 79.9. The standard InChI is InChI=1S/C15H17BrO2/c16-14-8-6-13(7-9-14)12-4-1-11(2-5-12)3-10-15(17)18/h3,6-12H,1-2,4-5H2,(H,17,18)/t11-,12-. The molecule has 0 unspecified atom stereocenters. The van der Waals surface area contributed by atoms with Gasteiger partial charge in [0.25, 0.3) is 0 Å². The first-order valence-corrected chi connectivity index (χ1v) is 7.11. The van der Waals surface area contributed by atoms with Crippen molar-refractivity contribution < 1.29 is 9.90 Å². The maximum absolute atomic E-state index is 10.5.